The van der Waals surface area contributed by atoms with Gasteiger partial charge in [0.05, 0.1) is 16.7 Å². The molecule has 18 heavy (non-hydrogen) atoms. The molecule has 5 heteroatoms. The molecule has 0 aliphatic carbocycles. The first kappa shape index (κ1) is 13.1. The Morgan fingerprint density at radius 1 is 1.50 bits per heavy atom. The van der Waals surface area contributed by atoms with Gasteiger partial charge in [-0.15, -0.1) is 0 Å². The molecule has 0 spiro atoms. The van der Waals surface area contributed by atoms with Gasteiger partial charge in [0.2, 0.25) is 5.89 Å². The summed E-state index contributed by atoms with van der Waals surface area (Å²) in [6.07, 6.45) is 1.70. The molecular weight excluding hydrogens is 296 g/mol. The zero-order valence-corrected chi connectivity index (χ0v) is 11.9. The summed E-state index contributed by atoms with van der Waals surface area (Å²) in [6.45, 7) is 4.39. The van der Waals surface area contributed by atoms with E-state index in [-0.39, 0.29) is 11.8 Å². The molecule has 0 fully saturated rings. The highest BCUT2D eigenvalue weighted by atomic mass is 79.9. The Hall–Kier alpha value is -1.33. The largest absolute Gasteiger partial charge is 0.506 e. The van der Waals surface area contributed by atoms with Crippen molar-refractivity contribution < 1.29 is 9.52 Å². The molecule has 0 aliphatic rings. The minimum absolute atomic E-state index is 0.00270. The Kier molecular flexibility index (Phi) is 4.04. The van der Waals surface area contributed by atoms with Crippen LogP contribution in [0.2, 0.25) is 0 Å². The summed E-state index contributed by atoms with van der Waals surface area (Å²) >= 11 is 3.29. The molecule has 0 radical (unpaired) electrons. The highest BCUT2D eigenvalue weighted by Gasteiger charge is 2.12. The fraction of sp³-hybridized carbons (Fsp3) is 0.308. The smallest absolute Gasteiger partial charge is 0.211 e. The van der Waals surface area contributed by atoms with Gasteiger partial charge in [0.25, 0.3) is 0 Å². The molecule has 2 aromatic rings. The summed E-state index contributed by atoms with van der Waals surface area (Å²) in [7, 11) is 0. The van der Waals surface area contributed by atoms with Crippen molar-refractivity contribution in [3.05, 3.63) is 46.1 Å². The molecule has 0 saturated heterocycles. The van der Waals surface area contributed by atoms with E-state index in [1.165, 1.54) is 0 Å². The Labute approximate surface area is 114 Å². The Bertz CT molecular complexity index is 540. The van der Waals surface area contributed by atoms with Gasteiger partial charge < -0.3 is 14.8 Å². The van der Waals surface area contributed by atoms with E-state index in [2.05, 4.69) is 26.2 Å². The summed E-state index contributed by atoms with van der Waals surface area (Å²) in [6, 6.07) is 5.57. The lowest BCUT2D eigenvalue weighted by Gasteiger charge is -2.11. The number of para-hydroxylation sites is 1. The van der Waals surface area contributed by atoms with Crippen LogP contribution in [0.15, 0.2) is 33.3 Å². The van der Waals surface area contributed by atoms with Crippen molar-refractivity contribution in [2.75, 3.05) is 0 Å². The quantitative estimate of drug-likeness (QED) is 0.909. The van der Waals surface area contributed by atoms with E-state index in [1.807, 2.05) is 26.0 Å². The van der Waals surface area contributed by atoms with Gasteiger partial charge in [-0.1, -0.05) is 12.1 Å². The summed E-state index contributed by atoms with van der Waals surface area (Å²) < 4.78 is 6.14. The SMILES string of the molecule is Cc1cnc(C(C)NCc2cccc(Br)c2O)o1. The van der Waals surface area contributed by atoms with Crippen LogP contribution in [0.5, 0.6) is 5.75 Å². The van der Waals surface area contributed by atoms with Crippen molar-refractivity contribution in [3.63, 3.8) is 0 Å². The maximum absolute atomic E-state index is 9.86. The molecule has 2 rings (SSSR count). The second-order valence-corrected chi connectivity index (χ2v) is 5.01. The number of hydrogen-bond acceptors (Lipinski definition) is 4. The topological polar surface area (TPSA) is 58.3 Å². The normalized spacial score (nSPS) is 12.6. The minimum atomic E-state index is -0.00270. The van der Waals surface area contributed by atoms with Gasteiger partial charge in [-0.25, -0.2) is 4.98 Å². The number of aromatic nitrogens is 1. The molecule has 1 heterocycles. The fourth-order valence-corrected chi connectivity index (χ4v) is 2.03. The van der Waals surface area contributed by atoms with E-state index in [1.54, 1.807) is 12.3 Å². The van der Waals surface area contributed by atoms with Gasteiger partial charge >= 0.3 is 0 Å². The van der Waals surface area contributed by atoms with Crippen molar-refractivity contribution in [1.82, 2.24) is 10.3 Å². The average molecular weight is 311 g/mol. The highest BCUT2D eigenvalue weighted by molar-refractivity contribution is 9.10. The molecule has 4 nitrogen and oxygen atoms in total. The molecule has 2 N–H and O–H groups in total. The van der Waals surface area contributed by atoms with Crippen molar-refractivity contribution in [2.45, 2.75) is 26.4 Å². The summed E-state index contributed by atoms with van der Waals surface area (Å²) in [5, 5.41) is 13.1. The van der Waals surface area contributed by atoms with E-state index < -0.39 is 0 Å². The average Bonchev–Trinajstić information content (AvgIpc) is 2.77. The summed E-state index contributed by atoms with van der Waals surface area (Å²) in [4.78, 5) is 4.17. The molecule has 1 atom stereocenters. The first-order chi connectivity index (χ1) is 8.58. The monoisotopic (exact) mass is 310 g/mol. The van der Waals surface area contributed by atoms with Crippen LogP contribution < -0.4 is 5.32 Å². The lowest BCUT2D eigenvalue weighted by Crippen LogP contribution is -2.18. The van der Waals surface area contributed by atoms with E-state index in [0.717, 1.165) is 11.3 Å². The molecule has 96 valence electrons. The summed E-state index contributed by atoms with van der Waals surface area (Å²) in [5.74, 6) is 1.71. The van der Waals surface area contributed by atoms with Crippen LogP contribution in [0.4, 0.5) is 0 Å². The van der Waals surface area contributed by atoms with Gasteiger partial charge in [0.1, 0.15) is 11.5 Å². The van der Waals surface area contributed by atoms with Gasteiger partial charge in [0.15, 0.2) is 0 Å². The number of aromatic hydroxyl groups is 1. The minimum Gasteiger partial charge on any atom is -0.506 e. The van der Waals surface area contributed by atoms with E-state index in [9.17, 15) is 5.11 Å². The van der Waals surface area contributed by atoms with Crippen molar-refractivity contribution in [1.29, 1.82) is 0 Å². The van der Waals surface area contributed by atoms with Crippen LogP contribution in [0.3, 0.4) is 0 Å². The third-order valence-electron chi connectivity index (χ3n) is 2.68. The van der Waals surface area contributed by atoms with E-state index in [0.29, 0.717) is 16.9 Å². The number of aryl methyl sites for hydroxylation is 1. The number of phenols is 1. The standard InChI is InChI=1S/C13H15BrN2O2/c1-8-6-16-13(18-8)9(2)15-7-10-4-3-5-11(14)12(10)17/h3-6,9,15,17H,7H2,1-2H3. The Morgan fingerprint density at radius 3 is 2.94 bits per heavy atom. The van der Waals surface area contributed by atoms with Crippen molar-refractivity contribution >= 4 is 15.9 Å². The van der Waals surface area contributed by atoms with Crippen LogP contribution in [0.25, 0.3) is 0 Å². The third-order valence-corrected chi connectivity index (χ3v) is 3.32. The second-order valence-electron chi connectivity index (χ2n) is 4.16. The molecular formula is C13H15BrN2O2. The number of nitrogens with zero attached hydrogens (tertiary/aromatic N) is 1. The van der Waals surface area contributed by atoms with Crippen LogP contribution >= 0.6 is 15.9 Å². The second kappa shape index (κ2) is 5.54. The molecule has 0 saturated carbocycles. The van der Waals surface area contributed by atoms with Gasteiger partial charge in [-0.3, -0.25) is 0 Å². The highest BCUT2D eigenvalue weighted by Crippen LogP contribution is 2.27. The Morgan fingerprint density at radius 2 is 2.28 bits per heavy atom. The molecule has 0 bridgehead atoms. The zero-order chi connectivity index (χ0) is 13.1. The number of benzene rings is 1. The van der Waals surface area contributed by atoms with Crippen LogP contribution in [0.1, 0.15) is 30.2 Å². The van der Waals surface area contributed by atoms with Crippen LogP contribution in [0, 0.1) is 6.92 Å². The van der Waals surface area contributed by atoms with Crippen LogP contribution in [-0.4, -0.2) is 10.1 Å². The van der Waals surface area contributed by atoms with E-state index >= 15 is 0 Å². The number of nitrogens with one attached hydrogen (secondary N) is 1. The van der Waals surface area contributed by atoms with Gasteiger partial charge in [-0.05, 0) is 35.8 Å². The van der Waals surface area contributed by atoms with Gasteiger partial charge in [0, 0.05) is 12.1 Å². The lowest BCUT2D eigenvalue weighted by atomic mass is 10.2. The number of rotatable bonds is 4. The molecule has 0 aliphatic heterocycles. The number of halogens is 1. The first-order valence-corrected chi connectivity index (χ1v) is 6.49. The maximum atomic E-state index is 9.86. The fourth-order valence-electron chi connectivity index (χ4n) is 1.63. The first-order valence-electron chi connectivity index (χ1n) is 5.70. The van der Waals surface area contributed by atoms with Crippen molar-refractivity contribution in [3.8, 4) is 5.75 Å². The molecule has 0 amide bonds. The maximum Gasteiger partial charge on any atom is 0.211 e. The lowest BCUT2D eigenvalue weighted by molar-refractivity contribution is 0.397. The number of phenolic OH excluding ortho intramolecular Hbond substituents is 1. The molecule has 1 aromatic heterocycles. The van der Waals surface area contributed by atoms with E-state index in [4.69, 9.17) is 4.42 Å². The van der Waals surface area contributed by atoms with Gasteiger partial charge in [-0.2, -0.15) is 0 Å². The predicted octanol–water partition coefficient (Wildman–Crippen LogP) is 3.30. The molecule has 1 unspecified atom stereocenters. The number of hydrogen-bond donors (Lipinski definition) is 2. The Balaban J connectivity index is 2.01. The van der Waals surface area contributed by atoms with Crippen LogP contribution in [-0.2, 0) is 6.54 Å². The summed E-state index contributed by atoms with van der Waals surface area (Å²) in [5.41, 5.74) is 0.833. The number of oxazole rings is 1. The third kappa shape index (κ3) is 2.91. The zero-order valence-electron chi connectivity index (χ0n) is 10.3. The predicted molar refractivity (Wildman–Crippen MR) is 72.3 cm³/mol. The van der Waals surface area contributed by atoms with Crippen molar-refractivity contribution in [2.24, 2.45) is 0 Å². The molecule has 1 aromatic carbocycles.